The maximum atomic E-state index is 10.9. The predicted octanol–water partition coefficient (Wildman–Crippen LogP) is 1.01. The van der Waals surface area contributed by atoms with Crippen LogP contribution in [0.2, 0.25) is 0 Å². The first-order valence-corrected chi connectivity index (χ1v) is 3.44. The molecule has 0 bridgehead atoms. The molecule has 4 nitrogen and oxygen atoms in total. The van der Waals surface area contributed by atoms with E-state index in [1.165, 1.54) is 13.8 Å². The third-order valence-electron chi connectivity index (χ3n) is 1.48. The number of ketones is 1. The summed E-state index contributed by atoms with van der Waals surface area (Å²) < 4.78 is 5.20. The van der Waals surface area contributed by atoms with Gasteiger partial charge < -0.3 is 4.74 Å². The average Bonchev–Trinajstić information content (AvgIpc) is 2.08. The SMILES string of the molecule is CC(=O)C1(C)OOC(C)(C)O1. The summed E-state index contributed by atoms with van der Waals surface area (Å²) in [7, 11) is 0. The van der Waals surface area contributed by atoms with Gasteiger partial charge in [0.2, 0.25) is 0 Å². The summed E-state index contributed by atoms with van der Waals surface area (Å²) >= 11 is 0. The second-order valence-corrected chi connectivity index (χ2v) is 3.17. The van der Waals surface area contributed by atoms with Crippen molar-refractivity contribution in [3.8, 4) is 0 Å². The van der Waals surface area contributed by atoms with Crippen LogP contribution in [0.15, 0.2) is 0 Å². The molecule has 64 valence electrons. The average molecular weight is 160 g/mol. The summed E-state index contributed by atoms with van der Waals surface area (Å²) in [6, 6.07) is 0. The second kappa shape index (κ2) is 2.27. The number of ether oxygens (including phenoxy) is 1. The van der Waals surface area contributed by atoms with Crippen LogP contribution >= 0.6 is 0 Å². The molecule has 0 saturated carbocycles. The fraction of sp³-hybridized carbons (Fsp3) is 0.857. The first kappa shape index (κ1) is 8.64. The molecule has 1 rings (SSSR count). The Bertz CT molecular complexity index is 187. The van der Waals surface area contributed by atoms with Crippen molar-refractivity contribution in [2.45, 2.75) is 39.3 Å². The van der Waals surface area contributed by atoms with Crippen molar-refractivity contribution in [2.24, 2.45) is 0 Å². The largest absolute Gasteiger partial charge is 0.307 e. The lowest BCUT2D eigenvalue weighted by Gasteiger charge is -2.17. The predicted molar refractivity (Wildman–Crippen MR) is 36.4 cm³/mol. The van der Waals surface area contributed by atoms with Gasteiger partial charge in [0.25, 0.3) is 5.79 Å². The molecule has 1 fully saturated rings. The van der Waals surface area contributed by atoms with Crippen LogP contribution in [0.25, 0.3) is 0 Å². The zero-order valence-electron chi connectivity index (χ0n) is 7.13. The van der Waals surface area contributed by atoms with Crippen LogP contribution in [0.1, 0.15) is 27.7 Å². The smallest absolute Gasteiger partial charge is 0.260 e. The van der Waals surface area contributed by atoms with E-state index in [-0.39, 0.29) is 5.78 Å². The maximum Gasteiger partial charge on any atom is 0.260 e. The normalized spacial score (nSPS) is 35.6. The number of rotatable bonds is 1. The van der Waals surface area contributed by atoms with Crippen molar-refractivity contribution in [3.05, 3.63) is 0 Å². The van der Waals surface area contributed by atoms with Crippen LogP contribution in [-0.2, 0) is 19.3 Å². The highest BCUT2D eigenvalue weighted by Gasteiger charge is 2.47. The van der Waals surface area contributed by atoms with Gasteiger partial charge in [-0.3, -0.25) is 4.79 Å². The van der Waals surface area contributed by atoms with Gasteiger partial charge in [-0.15, -0.1) is 0 Å². The summed E-state index contributed by atoms with van der Waals surface area (Å²) in [5.74, 6) is -2.27. The molecule has 4 heteroatoms. The molecule has 0 N–H and O–H groups in total. The fourth-order valence-electron chi connectivity index (χ4n) is 0.813. The summed E-state index contributed by atoms with van der Waals surface area (Å²) in [4.78, 5) is 20.4. The van der Waals surface area contributed by atoms with Gasteiger partial charge in [-0.25, -0.2) is 0 Å². The highest BCUT2D eigenvalue weighted by atomic mass is 17.3. The number of carbonyl (C=O) groups is 1. The van der Waals surface area contributed by atoms with Crippen LogP contribution < -0.4 is 0 Å². The summed E-state index contributed by atoms with van der Waals surface area (Å²) in [5.41, 5.74) is 0. The van der Waals surface area contributed by atoms with E-state index in [2.05, 4.69) is 0 Å². The molecule has 0 aliphatic carbocycles. The number of carbonyl (C=O) groups excluding carboxylic acids is 1. The Morgan fingerprint density at radius 2 is 1.73 bits per heavy atom. The Morgan fingerprint density at radius 3 is 1.91 bits per heavy atom. The topological polar surface area (TPSA) is 44.8 Å². The van der Waals surface area contributed by atoms with E-state index in [0.717, 1.165) is 0 Å². The lowest BCUT2D eigenvalue weighted by molar-refractivity contribution is -0.333. The van der Waals surface area contributed by atoms with Crippen LogP contribution in [-0.4, -0.2) is 17.4 Å². The molecular weight excluding hydrogens is 148 g/mol. The molecule has 0 amide bonds. The molecule has 1 aliphatic rings. The van der Waals surface area contributed by atoms with Gasteiger partial charge in [-0.05, 0) is 13.8 Å². The van der Waals surface area contributed by atoms with Gasteiger partial charge in [0.15, 0.2) is 11.6 Å². The van der Waals surface area contributed by atoms with Crippen molar-refractivity contribution >= 4 is 5.78 Å². The van der Waals surface area contributed by atoms with Crippen molar-refractivity contribution in [2.75, 3.05) is 0 Å². The highest BCUT2D eigenvalue weighted by Crippen LogP contribution is 2.32. The summed E-state index contributed by atoms with van der Waals surface area (Å²) in [6.07, 6.45) is 0. The molecular formula is C7H12O4. The van der Waals surface area contributed by atoms with E-state index in [1.54, 1.807) is 13.8 Å². The Kier molecular flexibility index (Phi) is 1.78. The minimum absolute atomic E-state index is 0.205. The van der Waals surface area contributed by atoms with Gasteiger partial charge in [0.1, 0.15) is 0 Å². The number of Topliss-reactive ketones (excluding diaryl/α,β-unsaturated/α-hetero) is 1. The first-order valence-electron chi connectivity index (χ1n) is 3.44. The molecule has 1 heterocycles. The molecule has 1 unspecified atom stereocenters. The van der Waals surface area contributed by atoms with Gasteiger partial charge >= 0.3 is 0 Å². The zero-order valence-corrected chi connectivity index (χ0v) is 7.13. The van der Waals surface area contributed by atoms with E-state index in [9.17, 15) is 4.79 Å². The van der Waals surface area contributed by atoms with Gasteiger partial charge in [0.05, 0.1) is 0 Å². The lowest BCUT2D eigenvalue weighted by atomic mass is 10.2. The molecule has 0 aromatic rings. The zero-order chi connectivity index (χ0) is 8.70. The minimum Gasteiger partial charge on any atom is -0.307 e. The Morgan fingerprint density at radius 1 is 1.18 bits per heavy atom. The summed E-state index contributed by atoms with van der Waals surface area (Å²) in [5, 5.41) is 0. The van der Waals surface area contributed by atoms with Crippen molar-refractivity contribution in [1.82, 2.24) is 0 Å². The van der Waals surface area contributed by atoms with E-state index >= 15 is 0 Å². The molecule has 0 aromatic carbocycles. The Hall–Kier alpha value is -0.450. The van der Waals surface area contributed by atoms with Crippen LogP contribution in [0, 0.1) is 0 Å². The van der Waals surface area contributed by atoms with Crippen molar-refractivity contribution in [1.29, 1.82) is 0 Å². The standard InChI is InChI=1S/C7H12O4/c1-5(8)7(4)9-6(2,3)10-11-7/h1-4H3. The molecule has 0 spiro atoms. The van der Waals surface area contributed by atoms with E-state index in [4.69, 9.17) is 14.5 Å². The van der Waals surface area contributed by atoms with Crippen molar-refractivity contribution < 1.29 is 19.3 Å². The molecule has 1 aliphatic heterocycles. The van der Waals surface area contributed by atoms with E-state index < -0.39 is 11.6 Å². The minimum atomic E-state index is -1.23. The van der Waals surface area contributed by atoms with Crippen LogP contribution in [0.5, 0.6) is 0 Å². The molecule has 11 heavy (non-hydrogen) atoms. The third kappa shape index (κ3) is 1.58. The van der Waals surface area contributed by atoms with Crippen LogP contribution in [0.3, 0.4) is 0 Å². The van der Waals surface area contributed by atoms with Gasteiger partial charge in [-0.2, -0.15) is 9.78 Å². The number of hydrogen-bond donors (Lipinski definition) is 0. The first-order chi connectivity index (χ1) is 4.86. The molecule has 0 aromatic heterocycles. The molecule has 1 saturated heterocycles. The third-order valence-corrected chi connectivity index (χ3v) is 1.48. The summed E-state index contributed by atoms with van der Waals surface area (Å²) in [6.45, 7) is 6.29. The molecule has 0 radical (unpaired) electrons. The van der Waals surface area contributed by atoms with Crippen molar-refractivity contribution in [3.63, 3.8) is 0 Å². The Labute approximate surface area is 65.4 Å². The second-order valence-electron chi connectivity index (χ2n) is 3.17. The van der Waals surface area contributed by atoms with Gasteiger partial charge in [0, 0.05) is 13.8 Å². The van der Waals surface area contributed by atoms with E-state index in [0.29, 0.717) is 0 Å². The fourth-order valence-corrected chi connectivity index (χ4v) is 0.813. The lowest BCUT2D eigenvalue weighted by Crippen LogP contribution is -2.36. The maximum absolute atomic E-state index is 10.9. The van der Waals surface area contributed by atoms with Gasteiger partial charge in [-0.1, -0.05) is 0 Å². The quantitative estimate of drug-likeness (QED) is 0.537. The Balaban J connectivity index is 2.73. The van der Waals surface area contributed by atoms with E-state index in [1.807, 2.05) is 0 Å². The highest BCUT2D eigenvalue weighted by molar-refractivity contribution is 5.83. The van der Waals surface area contributed by atoms with Crippen LogP contribution in [0.4, 0.5) is 0 Å². The molecule has 1 atom stereocenters. The number of hydrogen-bond acceptors (Lipinski definition) is 4. The monoisotopic (exact) mass is 160 g/mol.